The minimum absolute atomic E-state index is 0.0677. The van der Waals surface area contributed by atoms with Crippen molar-refractivity contribution in [3.63, 3.8) is 0 Å². The quantitative estimate of drug-likeness (QED) is 0.682. The lowest BCUT2D eigenvalue weighted by molar-refractivity contribution is -0.147. The maximum Gasteiger partial charge on any atom is 0.312 e. The van der Waals surface area contributed by atoms with Crippen LogP contribution in [0, 0.1) is 0 Å². The number of carbonyl (C=O) groups excluding carboxylic acids is 2. The molecule has 0 unspecified atom stereocenters. The van der Waals surface area contributed by atoms with Crippen LogP contribution < -0.4 is 4.90 Å². The molecular formula is C17H15N3O3S. The zero-order valence-corrected chi connectivity index (χ0v) is 13.7. The van der Waals surface area contributed by atoms with Crippen molar-refractivity contribution in [3.05, 3.63) is 53.3 Å². The van der Waals surface area contributed by atoms with Gasteiger partial charge in [-0.3, -0.25) is 14.0 Å². The van der Waals surface area contributed by atoms with E-state index in [0.717, 1.165) is 22.6 Å². The lowest BCUT2D eigenvalue weighted by Gasteiger charge is -2.17. The van der Waals surface area contributed by atoms with Crippen molar-refractivity contribution >= 4 is 33.9 Å². The number of anilines is 1. The highest BCUT2D eigenvalue weighted by molar-refractivity contribution is 7.15. The predicted octanol–water partition coefficient (Wildman–Crippen LogP) is 2.07. The zero-order valence-electron chi connectivity index (χ0n) is 12.8. The Morgan fingerprint density at radius 3 is 3.04 bits per heavy atom. The summed E-state index contributed by atoms with van der Waals surface area (Å²) in [6.07, 6.45) is 4.58. The summed E-state index contributed by atoms with van der Waals surface area (Å²) in [6.45, 7) is 0.391. The Kier molecular flexibility index (Phi) is 3.78. The Morgan fingerprint density at radius 1 is 1.29 bits per heavy atom. The number of amides is 1. The SMILES string of the molecule is O=C(Cc1cn2ccsc2n1)OCC(=O)N1CCc2ccccc21. The first-order chi connectivity index (χ1) is 11.7. The molecule has 4 rings (SSSR count). The third-order valence-electron chi connectivity index (χ3n) is 4.01. The summed E-state index contributed by atoms with van der Waals surface area (Å²) in [6, 6.07) is 7.79. The summed E-state index contributed by atoms with van der Waals surface area (Å²) in [5.74, 6) is -0.638. The molecule has 0 aliphatic carbocycles. The normalized spacial score (nSPS) is 13.2. The maximum atomic E-state index is 12.3. The number of hydrogen-bond donors (Lipinski definition) is 0. The molecule has 3 heterocycles. The van der Waals surface area contributed by atoms with Gasteiger partial charge in [-0.25, -0.2) is 4.98 Å². The third-order valence-corrected chi connectivity index (χ3v) is 4.78. The number of imidazole rings is 1. The summed E-state index contributed by atoms with van der Waals surface area (Å²) < 4.78 is 6.99. The molecule has 6 nitrogen and oxygen atoms in total. The van der Waals surface area contributed by atoms with Crippen molar-refractivity contribution in [2.24, 2.45) is 0 Å². The number of fused-ring (bicyclic) bond motifs is 2. The molecule has 7 heteroatoms. The van der Waals surface area contributed by atoms with Gasteiger partial charge in [0.2, 0.25) is 0 Å². The van der Waals surface area contributed by atoms with Crippen molar-refractivity contribution in [1.82, 2.24) is 9.38 Å². The number of carbonyl (C=O) groups is 2. The molecule has 1 aliphatic rings. The van der Waals surface area contributed by atoms with E-state index < -0.39 is 5.97 Å². The summed E-state index contributed by atoms with van der Waals surface area (Å²) in [7, 11) is 0. The van der Waals surface area contributed by atoms with Gasteiger partial charge in [0.15, 0.2) is 11.6 Å². The van der Waals surface area contributed by atoms with Gasteiger partial charge in [0.05, 0.1) is 12.1 Å². The molecule has 24 heavy (non-hydrogen) atoms. The van der Waals surface area contributed by atoms with Crippen LogP contribution in [0.4, 0.5) is 5.69 Å². The third kappa shape index (κ3) is 2.78. The summed E-state index contributed by atoms with van der Waals surface area (Å²) in [4.78, 5) is 31.1. The fourth-order valence-electron chi connectivity index (χ4n) is 2.88. The number of nitrogens with zero attached hydrogens (tertiary/aromatic N) is 3. The second kappa shape index (κ2) is 6.09. The van der Waals surface area contributed by atoms with Crippen LogP contribution >= 0.6 is 11.3 Å². The summed E-state index contributed by atoms with van der Waals surface area (Å²) in [5, 5.41) is 1.93. The molecule has 0 N–H and O–H groups in total. The van der Waals surface area contributed by atoms with E-state index in [1.54, 1.807) is 11.1 Å². The monoisotopic (exact) mass is 341 g/mol. The van der Waals surface area contributed by atoms with Crippen molar-refractivity contribution in [2.75, 3.05) is 18.1 Å². The number of hydrogen-bond acceptors (Lipinski definition) is 5. The van der Waals surface area contributed by atoms with Crippen LogP contribution in [0.2, 0.25) is 0 Å². The molecule has 1 aromatic carbocycles. The number of aromatic nitrogens is 2. The molecule has 0 fully saturated rings. The van der Waals surface area contributed by atoms with Gasteiger partial charge >= 0.3 is 5.97 Å². The van der Waals surface area contributed by atoms with Gasteiger partial charge in [0, 0.05) is 30.0 Å². The molecule has 0 radical (unpaired) electrons. The minimum atomic E-state index is -0.443. The second-order valence-electron chi connectivity index (χ2n) is 5.59. The molecule has 3 aromatic rings. The van der Waals surface area contributed by atoms with E-state index in [0.29, 0.717) is 12.2 Å². The van der Waals surface area contributed by atoms with E-state index in [-0.39, 0.29) is 18.9 Å². The topological polar surface area (TPSA) is 63.9 Å². The smallest absolute Gasteiger partial charge is 0.312 e. The molecule has 1 amide bonds. The molecule has 122 valence electrons. The largest absolute Gasteiger partial charge is 0.455 e. The Labute approximate surface area is 142 Å². The highest BCUT2D eigenvalue weighted by atomic mass is 32.1. The zero-order chi connectivity index (χ0) is 16.5. The van der Waals surface area contributed by atoms with Crippen molar-refractivity contribution in [1.29, 1.82) is 0 Å². The lowest BCUT2D eigenvalue weighted by Crippen LogP contribution is -2.33. The van der Waals surface area contributed by atoms with E-state index in [9.17, 15) is 9.59 Å². The first-order valence-electron chi connectivity index (χ1n) is 7.66. The van der Waals surface area contributed by atoms with Crippen molar-refractivity contribution < 1.29 is 14.3 Å². The van der Waals surface area contributed by atoms with Gasteiger partial charge in [0.1, 0.15) is 0 Å². The van der Waals surface area contributed by atoms with Crippen LogP contribution in [0.25, 0.3) is 4.96 Å². The minimum Gasteiger partial charge on any atom is -0.455 e. The molecule has 2 aromatic heterocycles. The fourth-order valence-corrected chi connectivity index (χ4v) is 3.60. The maximum absolute atomic E-state index is 12.3. The van der Waals surface area contributed by atoms with E-state index in [2.05, 4.69) is 4.98 Å². The van der Waals surface area contributed by atoms with E-state index in [4.69, 9.17) is 4.74 Å². The number of ether oxygens (including phenoxy) is 1. The average molecular weight is 341 g/mol. The summed E-state index contributed by atoms with van der Waals surface area (Å²) in [5.41, 5.74) is 2.70. The first-order valence-corrected chi connectivity index (χ1v) is 8.53. The Balaban J connectivity index is 1.34. The van der Waals surface area contributed by atoms with Gasteiger partial charge < -0.3 is 9.64 Å². The van der Waals surface area contributed by atoms with Crippen LogP contribution in [0.3, 0.4) is 0 Å². The highest BCUT2D eigenvalue weighted by Gasteiger charge is 2.24. The predicted molar refractivity (Wildman–Crippen MR) is 90.2 cm³/mol. The molecule has 0 atom stereocenters. The van der Waals surface area contributed by atoms with Crippen LogP contribution in [-0.2, 0) is 27.2 Å². The van der Waals surface area contributed by atoms with Crippen LogP contribution in [0.5, 0.6) is 0 Å². The molecule has 1 aliphatic heterocycles. The van der Waals surface area contributed by atoms with Crippen molar-refractivity contribution in [2.45, 2.75) is 12.8 Å². The van der Waals surface area contributed by atoms with Gasteiger partial charge in [0.25, 0.3) is 5.91 Å². The molecule has 0 spiro atoms. The molecule has 0 bridgehead atoms. The lowest BCUT2D eigenvalue weighted by atomic mass is 10.2. The second-order valence-corrected chi connectivity index (χ2v) is 6.46. The average Bonchev–Trinajstić information content (AvgIpc) is 3.26. The number of esters is 1. The van der Waals surface area contributed by atoms with Crippen LogP contribution in [0.1, 0.15) is 11.3 Å². The van der Waals surface area contributed by atoms with Gasteiger partial charge in [-0.05, 0) is 18.1 Å². The fraction of sp³-hybridized carbons (Fsp3) is 0.235. The van der Waals surface area contributed by atoms with Gasteiger partial charge in [-0.15, -0.1) is 11.3 Å². The number of thiazole rings is 1. The van der Waals surface area contributed by atoms with E-state index in [1.807, 2.05) is 40.2 Å². The number of para-hydroxylation sites is 1. The van der Waals surface area contributed by atoms with Gasteiger partial charge in [-0.2, -0.15) is 0 Å². The standard InChI is InChI=1S/C17H15N3O3S/c21-15(20-6-5-12-3-1-2-4-14(12)20)11-23-16(22)9-13-10-19-7-8-24-17(19)18-13/h1-4,7-8,10H,5-6,9,11H2. The van der Waals surface area contributed by atoms with Crippen molar-refractivity contribution in [3.8, 4) is 0 Å². The molecular weight excluding hydrogens is 326 g/mol. The van der Waals surface area contributed by atoms with Crippen LogP contribution in [-0.4, -0.2) is 34.4 Å². The van der Waals surface area contributed by atoms with E-state index >= 15 is 0 Å². The Hall–Kier alpha value is -2.67. The number of rotatable bonds is 4. The molecule has 0 saturated carbocycles. The Morgan fingerprint density at radius 2 is 2.17 bits per heavy atom. The van der Waals surface area contributed by atoms with E-state index in [1.165, 1.54) is 11.3 Å². The van der Waals surface area contributed by atoms with Crippen LogP contribution in [0.15, 0.2) is 42.0 Å². The number of benzene rings is 1. The van der Waals surface area contributed by atoms with Gasteiger partial charge in [-0.1, -0.05) is 18.2 Å². The Bertz CT molecular complexity index is 886. The summed E-state index contributed by atoms with van der Waals surface area (Å²) >= 11 is 1.50. The highest BCUT2D eigenvalue weighted by Crippen LogP contribution is 2.27. The molecule has 0 saturated heterocycles. The first kappa shape index (κ1) is 14.9.